The molecule has 0 unspecified atom stereocenters. The van der Waals surface area contributed by atoms with Crippen molar-refractivity contribution in [2.24, 2.45) is 0 Å². The van der Waals surface area contributed by atoms with Crippen molar-refractivity contribution in [2.75, 3.05) is 0 Å². The summed E-state index contributed by atoms with van der Waals surface area (Å²) in [5, 5.41) is 4.11. The van der Waals surface area contributed by atoms with Crippen molar-refractivity contribution in [2.45, 2.75) is 13.8 Å². The average molecular weight is 218 g/mol. The number of nitrogens with zero attached hydrogens (tertiary/aromatic N) is 2. The van der Waals surface area contributed by atoms with Gasteiger partial charge in [-0.3, -0.25) is 4.79 Å². The molecule has 16 heavy (non-hydrogen) atoms. The van der Waals surface area contributed by atoms with E-state index in [-0.39, 0.29) is 5.82 Å². The van der Waals surface area contributed by atoms with Crippen LogP contribution in [0, 0.1) is 19.7 Å². The van der Waals surface area contributed by atoms with Crippen LogP contribution in [0.4, 0.5) is 4.39 Å². The van der Waals surface area contributed by atoms with Crippen molar-refractivity contribution in [3.05, 3.63) is 47.0 Å². The van der Waals surface area contributed by atoms with Gasteiger partial charge in [0.15, 0.2) is 6.29 Å². The van der Waals surface area contributed by atoms with Gasteiger partial charge in [0.1, 0.15) is 5.82 Å². The minimum Gasteiger partial charge on any atom is -0.298 e. The lowest BCUT2D eigenvalue weighted by molar-refractivity contribution is 0.112. The number of aryl methyl sites for hydroxylation is 1. The molecular weight excluding hydrogens is 207 g/mol. The molecule has 0 N–H and O–H groups in total. The van der Waals surface area contributed by atoms with Crippen LogP contribution in [0.5, 0.6) is 0 Å². The van der Waals surface area contributed by atoms with Gasteiger partial charge >= 0.3 is 0 Å². The highest BCUT2D eigenvalue weighted by atomic mass is 19.1. The summed E-state index contributed by atoms with van der Waals surface area (Å²) in [6.07, 6.45) is 2.27. The maximum atomic E-state index is 12.9. The van der Waals surface area contributed by atoms with Crippen LogP contribution in [0.1, 0.15) is 21.6 Å². The number of halogens is 1. The van der Waals surface area contributed by atoms with E-state index in [0.717, 1.165) is 23.2 Å². The molecule has 0 spiro atoms. The van der Waals surface area contributed by atoms with E-state index in [1.807, 2.05) is 0 Å². The summed E-state index contributed by atoms with van der Waals surface area (Å²) in [6, 6.07) is 4.47. The topological polar surface area (TPSA) is 34.9 Å². The van der Waals surface area contributed by atoms with E-state index in [1.165, 1.54) is 18.3 Å². The maximum absolute atomic E-state index is 12.9. The predicted molar refractivity (Wildman–Crippen MR) is 58.4 cm³/mol. The Bertz CT molecular complexity index is 546. The molecule has 0 bridgehead atoms. The molecule has 2 rings (SSSR count). The largest absolute Gasteiger partial charge is 0.298 e. The third-order valence-corrected chi connectivity index (χ3v) is 2.56. The van der Waals surface area contributed by atoms with Crippen LogP contribution < -0.4 is 0 Å². The van der Waals surface area contributed by atoms with Gasteiger partial charge in [-0.05, 0) is 37.6 Å². The lowest BCUT2D eigenvalue weighted by Gasteiger charge is -2.07. The quantitative estimate of drug-likeness (QED) is 0.725. The first kappa shape index (κ1) is 10.5. The second-order valence-corrected chi connectivity index (χ2v) is 3.65. The fourth-order valence-corrected chi connectivity index (χ4v) is 1.64. The van der Waals surface area contributed by atoms with E-state index in [2.05, 4.69) is 5.10 Å². The van der Waals surface area contributed by atoms with Gasteiger partial charge in [-0.2, -0.15) is 5.10 Å². The lowest BCUT2D eigenvalue weighted by Crippen LogP contribution is -2.02. The molecule has 0 aliphatic heterocycles. The lowest BCUT2D eigenvalue weighted by atomic mass is 10.2. The first-order chi connectivity index (χ1) is 7.63. The number of rotatable bonds is 2. The molecule has 1 heterocycles. The van der Waals surface area contributed by atoms with Gasteiger partial charge < -0.3 is 0 Å². The summed E-state index contributed by atoms with van der Waals surface area (Å²) in [5.74, 6) is -0.276. The van der Waals surface area contributed by atoms with E-state index in [9.17, 15) is 9.18 Å². The Morgan fingerprint density at radius 1 is 1.38 bits per heavy atom. The van der Waals surface area contributed by atoms with Crippen LogP contribution in [0.3, 0.4) is 0 Å². The molecule has 4 heteroatoms. The predicted octanol–water partition coefficient (Wildman–Crippen LogP) is 2.44. The molecule has 1 aromatic heterocycles. The average Bonchev–Trinajstić information content (AvgIpc) is 2.60. The van der Waals surface area contributed by atoms with Crippen LogP contribution in [0.25, 0.3) is 5.69 Å². The van der Waals surface area contributed by atoms with Gasteiger partial charge in [-0.25, -0.2) is 9.07 Å². The van der Waals surface area contributed by atoms with Crippen molar-refractivity contribution in [3.8, 4) is 5.69 Å². The van der Waals surface area contributed by atoms with Gasteiger partial charge in [-0.15, -0.1) is 0 Å². The van der Waals surface area contributed by atoms with Crippen LogP contribution in [-0.2, 0) is 0 Å². The number of carbonyl (C=O) groups excluding carboxylic acids is 1. The number of aromatic nitrogens is 2. The summed E-state index contributed by atoms with van der Waals surface area (Å²) in [7, 11) is 0. The number of hydrogen-bond donors (Lipinski definition) is 0. The Morgan fingerprint density at radius 3 is 2.69 bits per heavy atom. The Morgan fingerprint density at radius 2 is 2.12 bits per heavy atom. The van der Waals surface area contributed by atoms with Crippen molar-refractivity contribution in [1.29, 1.82) is 0 Å². The molecule has 0 saturated carbocycles. The second kappa shape index (κ2) is 3.89. The van der Waals surface area contributed by atoms with Crippen molar-refractivity contribution < 1.29 is 9.18 Å². The highest BCUT2D eigenvalue weighted by molar-refractivity contribution is 5.76. The molecule has 0 aliphatic carbocycles. The van der Waals surface area contributed by atoms with Gasteiger partial charge in [0.25, 0.3) is 0 Å². The summed E-state index contributed by atoms with van der Waals surface area (Å²) in [5.41, 5.74) is 2.86. The molecule has 0 atom stereocenters. The number of carbonyl (C=O) groups is 1. The van der Waals surface area contributed by atoms with E-state index >= 15 is 0 Å². The third kappa shape index (κ3) is 1.62. The van der Waals surface area contributed by atoms with Gasteiger partial charge in [0.05, 0.1) is 23.1 Å². The summed E-state index contributed by atoms with van der Waals surface area (Å²) in [6.45, 7) is 3.61. The molecule has 0 amide bonds. The zero-order chi connectivity index (χ0) is 11.7. The fourth-order valence-electron chi connectivity index (χ4n) is 1.64. The fraction of sp³-hybridized carbons (Fsp3) is 0.167. The number of hydrogen-bond acceptors (Lipinski definition) is 2. The van der Waals surface area contributed by atoms with Crippen LogP contribution in [0.2, 0.25) is 0 Å². The van der Waals surface area contributed by atoms with Gasteiger partial charge in [-0.1, -0.05) is 0 Å². The Balaban J connectivity index is 2.58. The Hall–Kier alpha value is -1.97. The number of aldehydes is 1. The second-order valence-electron chi connectivity index (χ2n) is 3.65. The summed E-state index contributed by atoms with van der Waals surface area (Å²) in [4.78, 5) is 10.7. The summed E-state index contributed by atoms with van der Waals surface area (Å²) < 4.78 is 14.6. The minimum atomic E-state index is -0.276. The highest BCUT2D eigenvalue weighted by Gasteiger charge is 2.09. The van der Waals surface area contributed by atoms with E-state index < -0.39 is 0 Å². The van der Waals surface area contributed by atoms with E-state index in [0.29, 0.717) is 5.56 Å². The van der Waals surface area contributed by atoms with Crippen molar-refractivity contribution >= 4 is 6.29 Å². The highest BCUT2D eigenvalue weighted by Crippen LogP contribution is 2.17. The monoisotopic (exact) mass is 218 g/mol. The van der Waals surface area contributed by atoms with Crippen LogP contribution >= 0.6 is 0 Å². The minimum absolute atomic E-state index is 0.276. The zero-order valence-electron chi connectivity index (χ0n) is 9.07. The summed E-state index contributed by atoms with van der Waals surface area (Å²) >= 11 is 0. The van der Waals surface area contributed by atoms with Crippen molar-refractivity contribution in [1.82, 2.24) is 9.78 Å². The van der Waals surface area contributed by atoms with Gasteiger partial charge in [0.2, 0.25) is 0 Å². The molecular formula is C12H11FN2O. The first-order valence-corrected chi connectivity index (χ1v) is 4.90. The Kier molecular flexibility index (Phi) is 2.56. The van der Waals surface area contributed by atoms with Crippen LogP contribution in [-0.4, -0.2) is 16.1 Å². The molecule has 0 saturated heterocycles. The van der Waals surface area contributed by atoms with Crippen molar-refractivity contribution in [3.63, 3.8) is 0 Å². The molecule has 0 aliphatic rings. The third-order valence-electron chi connectivity index (χ3n) is 2.56. The van der Waals surface area contributed by atoms with E-state index in [1.54, 1.807) is 24.6 Å². The smallest absolute Gasteiger partial charge is 0.153 e. The molecule has 0 fully saturated rings. The standard InChI is InChI=1S/C12H11FN2O/c1-8-5-11(13)3-4-12(8)15-9(2)10(7-16)6-14-15/h3-7H,1-2H3. The molecule has 82 valence electrons. The normalized spacial score (nSPS) is 10.4. The zero-order valence-corrected chi connectivity index (χ0v) is 9.07. The molecule has 2 aromatic rings. The SMILES string of the molecule is Cc1cc(F)ccc1-n1ncc(C=O)c1C. The maximum Gasteiger partial charge on any atom is 0.153 e. The molecule has 0 radical (unpaired) electrons. The number of benzene rings is 1. The first-order valence-electron chi connectivity index (χ1n) is 4.90. The molecule has 3 nitrogen and oxygen atoms in total. The Labute approximate surface area is 92.5 Å². The van der Waals surface area contributed by atoms with E-state index in [4.69, 9.17) is 0 Å². The van der Waals surface area contributed by atoms with Crippen LogP contribution in [0.15, 0.2) is 24.4 Å². The van der Waals surface area contributed by atoms with Gasteiger partial charge in [0, 0.05) is 0 Å². The molecule has 1 aromatic carbocycles.